The molecule has 0 saturated heterocycles. The Bertz CT molecular complexity index is 1260. The molecule has 3 aromatic rings. The summed E-state index contributed by atoms with van der Waals surface area (Å²) >= 11 is 15.3. The van der Waals surface area contributed by atoms with E-state index < -0.39 is 5.91 Å². The van der Waals surface area contributed by atoms with Crippen molar-refractivity contribution in [2.75, 3.05) is 12.4 Å². The molecule has 0 bridgehead atoms. The van der Waals surface area contributed by atoms with Crippen LogP contribution in [0.2, 0.25) is 10.0 Å². The van der Waals surface area contributed by atoms with Crippen molar-refractivity contribution in [1.29, 1.82) is 5.26 Å². The van der Waals surface area contributed by atoms with Crippen LogP contribution in [0, 0.1) is 17.1 Å². The quantitative estimate of drug-likeness (QED) is 0.273. The number of anilines is 1. The molecule has 0 aliphatic carbocycles. The average Bonchev–Trinajstić information content (AvgIpc) is 2.77. The van der Waals surface area contributed by atoms with Gasteiger partial charge in [0.25, 0.3) is 5.91 Å². The fourth-order valence-corrected chi connectivity index (χ4v) is 3.89. The number of carbonyl (C=O) groups is 1. The lowest BCUT2D eigenvalue weighted by atomic mass is 10.0. The van der Waals surface area contributed by atoms with Crippen LogP contribution in [-0.2, 0) is 11.2 Å². The molecular weight excluding hydrogens is 518 g/mol. The van der Waals surface area contributed by atoms with E-state index in [1.807, 2.05) is 6.07 Å². The van der Waals surface area contributed by atoms with Crippen LogP contribution in [-0.4, -0.2) is 13.0 Å². The monoisotopic (exact) mass is 532 g/mol. The van der Waals surface area contributed by atoms with Crippen LogP contribution in [0.15, 0.2) is 64.6 Å². The number of rotatable bonds is 6. The number of methoxy groups -OCH3 is 1. The first-order valence-electron chi connectivity index (χ1n) is 9.30. The standard InChI is InChI=1S/C24H16BrCl2FN2O2/c1-32-23-10-14(9-19(25)18(23)11-15-4-2-3-5-22(15)28)8-16(13-29)24(31)30-17-6-7-20(26)21(27)12-17/h2-10,12H,11H2,1H3,(H,30,31)/b16-8+. The molecule has 3 aromatic carbocycles. The molecule has 0 spiro atoms. The SMILES string of the molecule is COc1cc(/C=C(\C#N)C(=O)Nc2ccc(Cl)c(Cl)c2)cc(Br)c1Cc1ccccc1F. The summed E-state index contributed by atoms with van der Waals surface area (Å²) in [5, 5.41) is 12.8. The Balaban J connectivity index is 1.89. The molecule has 1 N–H and O–H groups in total. The number of hydrogen-bond donors (Lipinski definition) is 1. The Morgan fingerprint density at radius 1 is 1.19 bits per heavy atom. The molecular formula is C24H16BrCl2FN2O2. The van der Waals surface area contributed by atoms with Crippen molar-refractivity contribution in [3.05, 3.63) is 97.2 Å². The zero-order valence-electron chi connectivity index (χ0n) is 16.8. The molecule has 8 heteroatoms. The first kappa shape index (κ1) is 23.8. The second-order valence-electron chi connectivity index (χ2n) is 6.70. The molecule has 1 amide bonds. The van der Waals surface area contributed by atoms with Gasteiger partial charge in [-0.2, -0.15) is 5.26 Å². The van der Waals surface area contributed by atoms with Gasteiger partial charge in [-0.05, 0) is 53.6 Å². The second-order valence-corrected chi connectivity index (χ2v) is 8.37. The van der Waals surface area contributed by atoms with Crippen LogP contribution >= 0.6 is 39.1 Å². The van der Waals surface area contributed by atoms with E-state index in [2.05, 4.69) is 21.2 Å². The topological polar surface area (TPSA) is 62.1 Å². The van der Waals surface area contributed by atoms with E-state index in [1.54, 1.807) is 42.5 Å². The smallest absolute Gasteiger partial charge is 0.266 e. The van der Waals surface area contributed by atoms with Crippen LogP contribution < -0.4 is 10.1 Å². The van der Waals surface area contributed by atoms with Crippen molar-refractivity contribution >= 4 is 56.8 Å². The lowest BCUT2D eigenvalue weighted by Gasteiger charge is -2.13. The predicted molar refractivity (Wildman–Crippen MR) is 129 cm³/mol. The number of benzene rings is 3. The highest BCUT2D eigenvalue weighted by Crippen LogP contribution is 2.32. The summed E-state index contributed by atoms with van der Waals surface area (Å²) in [7, 11) is 1.50. The maximum absolute atomic E-state index is 14.1. The minimum Gasteiger partial charge on any atom is -0.496 e. The first-order valence-corrected chi connectivity index (χ1v) is 10.8. The summed E-state index contributed by atoms with van der Waals surface area (Å²) in [6, 6.07) is 16.4. The van der Waals surface area contributed by atoms with Crippen molar-refractivity contribution in [2.24, 2.45) is 0 Å². The van der Waals surface area contributed by atoms with Crippen LogP contribution in [0.4, 0.5) is 10.1 Å². The molecule has 0 fully saturated rings. The van der Waals surface area contributed by atoms with Gasteiger partial charge in [0.2, 0.25) is 0 Å². The third kappa shape index (κ3) is 5.68. The van der Waals surface area contributed by atoms with Crippen molar-refractivity contribution in [1.82, 2.24) is 0 Å². The predicted octanol–water partition coefficient (Wildman–Crippen LogP) is 7.04. The van der Waals surface area contributed by atoms with Crippen LogP contribution in [0.25, 0.3) is 6.08 Å². The van der Waals surface area contributed by atoms with Crippen molar-refractivity contribution < 1.29 is 13.9 Å². The molecule has 0 aromatic heterocycles. The van der Waals surface area contributed by atoms with Gasteiger partial charge in [-0.15, -0.1) is 0 Å². The lowest BCUT2D eigenvalue weighted by Crippen LogP contribution is -2.13. The van der Waals surface area contributed by atoms with E-state index in [-0.39, 0.29) is 16.4 Å². The summed E-state index contributed by atoms with van der Waals surface area (Å²) < 4.78 is 20.2. The van der Waals surface area contributed by atoms with E-state index in [4.69, 9.17) is 27.9 Å². The molecule has 4 nitrogen and oxygen atoms in total. The van der Waals surface area contributed by atoms with Gasteiger partial charge >= 0.3 is 0 Å². The third-order valence-electron chi connectivity index (χ3n) is 4.58. The number of halogens is 4. The van der Waals surface area contributed by atoms with Gasteiger partial charge in [0, 0.05) is 22.1 Å². The Hall–Kier alpha value is -2.85. The third-order valence-corrected chi connectivity index (χ3v) is 6.02. The molecule has 0 unspecified atom stereocenters. The van der Waals surface area contributed by atoms with Crippen molar-refractivity contribution in [3.63, 3.8) is 0 Å². The van der Waals surface area contributed by atoms with E-state index in [0.29, 0.717) is 38.5 Å². The highest BCUT2D eigenvalue weighted by molar-refractivity contribution is 9.10. The van der Waals surface area contributed by atoms with Crippen LogP contribution in [0.1, 0.15) is 16.7 Å². The molecule has 0 aliphatic rings. The van der Waals surface area contributed by atoms with E-state index >= 15 is 0 Å². The maximum atomic E-state index is 14.1. The molecule has 0 heterocycles. The molecule has 0 radical (unpaired) electrons. The number of amides is 1. The fraction of sp³-hybridized carbons (Fsp3) is 0.0833. The summed E-state index contributed by atoms with van der Waals surface area (Å²) in [6.45, 7) is 0. The van der Waals surface area contributed by atoms with E-state index in [0.717, 1.165) is 5.56 Å². The van der Waals surface area contributed by atoms with Crippen molar-refractivity contribution in [2.45, 2.75) is 6.42 Å². The van der Waals surface area contributed by atoms with Crippen molar-refractivity contribution in [3.8, 4) is 11.8 Å². The molecule has 162 valence electrons. The first-order chi connectivity index (χ1) is 15.3. The number of carbonyl (C=O) groups excluding carboxylic acids is 1. The van der Waals surface area contributed by atoms with Gasteiger partial charge in [0.15, 0.2) is 0 Å². The summed E-state index contributed by atoms with van der Waals surface area (Å²) in [6.07, 6.45) is 1.75. The molecule has 32 heavy (non-hydrogen) atoms. The fourth-order valence-electron chi connectivity index (χ4n) is 2.99. The highest BCUT2D eigenvalue weighted by atomic mass is 79.9. The van der Waals surface area contributed by atoms with Crippen LogP contribution in [0.5, 0.6) is 5.75 Å². The van der Waals surface area contributed by atoms with Gasteiger partial charge in [-0.1, -0.05) is 57.3 Å². The lowest BCUT2D eigenvalue weighted by molar-refractivity contribution is -0.112. The molecule has 3 rings (SSSR count). The zero-order valence-corrected chi connectivity index (χ0v) is 19.9. The van der Waals surface area contributed by atoms with E-state index in [9.17, 15) is 14.4 Å². The number of nitriles is 1. The summed E-state index contributed by atoms with van der Waals surface area (Å²) in [5.41, 5.74) is 2.12. The van der Waals surface area contributed by atoms with Gasteiger partial charge < -0.3 is 10.1 Å². The number of hydrogen-bond acceptors (Lipinski definition) is 3. The van der Waals surface area contributed by atoms with Gasteiger partial charge in [-0.3, -0.25) is 4.79 Å². The average molecular weight is 534 g/mol. The highest BCUT2D eigenvalue weighted by Gasteiger charge is 2.15. The number of ether oxygens (including phenoxy) is 1. The number of nitrogens with one attached hydrogen (secondary N) is 1. The van der Waals surface area contributed by atoms with E-state index in [1.165, 1.54) is 25.3 Å². The van der Waals surface area contributed by atoms with Crippen LogP contribution in [0.3, 0.4) is 0 Å². The maximum Gasteiger partial charge on any atom is 0.266 e. The van der Waals surface area contributed by atoms with Gasteiger partial charge in [0.1, 0.15) is 23.2 Å². The minimum atomic E-state index is -0.601. The largest absolute Gasteiger partial charge is 0.496 e. The zero-order chi connectivity index (χ0) is 23.3. The summed E-state index contributed by atoms with van der Waals surface area (Å²) in [4.78, 5) is 12.6. The second kappa shape index (κ2) is 10.6. The van der Waals surface area contributed by atoms with Gasteiger partial charge in [0.05, 0.1) is 17.2 Å². The normalized spacial score (nSPS) is 11.1. The Morgan fingerprint density at radius 3 is 2.59 bits per heavy atom. The molecule has 0 atom stereocenters. The minimum absolute atomic E-state index is 0.119. The summed E-state index contributed by atoms with van der Waals surface area (Å²) in [5.74, 6) is -0.413. The molecule has 0 aliphatic heterocycles. The Kier molecular flexibility index (Phi) is 7.92. The van der Waals surface area contributed by atoms with Gasteiger partial charge in [-0.25, -0.2) is 4.39 Å². The Labute approximate surface area is 203 Å². The Morgan fingerprint density at radius 2 is 1.94 bits per heavy atom. The number of nitrogens with zero attached hydrogens (tertiary/aromatic N) is 1. The molecule has 0 saturated carbocycles.